The molecule has 2 aliphatic heterocycles. The number of para-hydroxylation sites is 1. The van der Waals surface area contributed by atoms with Crippen molar-refractivity contribution in [3.8, 4) is 0 Å². The van der Waals surface area contributed by atoms with Crippen molar-refractivity contribution >= 4 is 46.6 Å². The fourth-order valence-corrected chi connectivity index (χ4v) is 5.76. The molecule has 9 nitrogen and oxygen atoms in total. The van der Waals surface area contributed by atoms with E-state index < -0.39 is 29.4 Å². The molecule has 2 heterocycles. The molecule has 1 spiro atoms. The summed E-state index contributed by atoms with van der Waals surface area (Å²) in [6, 6.07) is 25.6. The Balaban J connectivity index is 1.84. The van der Waals surface area contributed by atoms with Crippen LogP contribution in [0.4, 0.5) is 5.69 Å². The average molecular weight is 556 g/mol. The second-order valence-electron chi connectivity index (χ2n) is 9.00. The number of ether oxygens (including phenoxy) is 2. The third-order valence-corrected chi connectivity index (χ3v) is 7.42. The minimum atomic E-state index is -1.97. The molecule has 1 saturated heterocycles. The second kappa shape index (κ2) is 10.7. The Kier molecular flexibility index (Phi) is 7.19. The molecular formula is C30H25N3O6S. The first kappa shape index (κ1) is 26.8. The van der Waals surface area contributed by atoms with Crippen molar-refractivity contribution in [3.05, 3.63) is 113 Å². The van der Waals surface area contributed by atoms with Crippen molar-refractivity contribution in [2.45, 2.75) is 5.66 Å². The molecule has 10 heteroatoms. The number of amides is 2. The number of hydrogen-bond donors (Lipinski definition) is 0. The van der Waals surface area contributed by atoms with Gasteiger partial charge in [0.1, 0.15) is 16.3 Å². The lowest BCUT2D eigenvalue weighted by molar-refractivity contribution is -0.140. The van der Waals surface area contributed by atoms with Crippen LogP contribution in [-0.2, 0) is 19.1 Å². The van der Waals surface area contributed by atoms with Gasteiger partial charge >= 0.3 is 11.9 Å². The number of carbonyl (C=O) groups is 4. The van der Waals surface area contributed by atoms with Crippen LogP contribution in [0.15, 0.2) is 102 Å². The first-order chi connectivity index (χ1) is 19.4. The summed E-state index contributed by atoms with van der Waals surface area (Å²) in [7, 11) is 2.34. The van der Waals surface area contributed by atoms with E-state index in [0.29, 0.717) is 16.8 Å². The number of nitrogens with zero attached hydrogens (tertiary/aromatic N) is 3. The van der Waals surface area contributed by atoms with Gasteiger partial charge in [0, 0.05) is 29.9 Å². The summed E-state index contributed by atoms with van der Waals surface area (Å²) in [6.45, 7) is 0.0635. The summed E-state index contributed by atoms with van der Waals surface area (Å²) in [6.07, 6.45) is 0. The summed E-state index contributed by atoms with van der Waals surface area (Å²) >= 11 is 6.06. The summed E-state index contributed by atoms with van der Waals surface area (Å²) < 4.78 is 10.3. The number of benzene rings is 3. The van der Waals surface area contributed by atoms with Gasteiger partial charge in [-0.15, -0.1) is 0 Å². The lowest BCUT2D eigenvalue weighted by Crippen LogP contribution is -2.64. The van der Waals surface area contributed by atoms with Crippen molar-refractivity contribution < 1.29 is 28.7 Å². The second-order valence-corrected chi connectivity index (χ2v) is 9.39. The molecule has 0 saturated carbocycles. The molecule has 0 unspecified atom stereocenters. The van der Waals surface area contributed by atoms with E-state index in [1.54, 1.807) is 91.0 Å². The van der Waals surface area contributed by atoms with Crippen LogP contribution in [0.2, 0.25) is 0 Å². The van der Waals surface area contributed by atoms with Gasteiger partial charge in [-0.3, -0.25) is 14.5 Å². The number of anilines is 1. The van der Waals surface area contributed by atoms with Crippen LogP contribution in [-0.4, -0.2) is 71.5 Å². The molecule has 3 aromatic rings. The molecule has 0 N–H and O–H groups in total. The van der Waals surface area contributed by atoms with E-state index in [4.69, 9.17) is 21.7 Å². The van der Waals surface area contributed by atoms with Gasteiger partial charge < -0.3 is 19.3 Å². The van der Waals surface area contributed by atoms with Gasteiger partial charge in [-0.25, -0.2) is 9.59 Å². The SMILES string of the molecule is COC(=O)C1=C(C(=O)OC)C2(C(=S)N1c1ccccc1)N(C(=O)c1ccccc1)CCN2C(=O)c1ccccc1. The molecule has 0 atom stereocenters. The largest absolute Gasteiger partial charge is 0.465 e. The van der Waals surface area contributed by atoms with Gasteiger partial charge in [-0.05, 0) is 36.4 Å². The number of hydrogen-bond acceptors (Lipinski definition) is 7. The third-order valence-electron chi connectivity index (χ3n) is 6.95. The van der Waals surface area contributed by atoms with Crippen molar-refractivity contribution in [2.24, 2.45) is 0 Å². The van der Waals surface area contributed by atoms with Crippen LogP contribution in [0.1, 0.15) is 20.7 Å². The zero-order valence-corrected chi connectivity index (χ0v) is 22.6. The van der Waals surface area contributed by atoms with Crippen molar-refractivity contribution in [3.63, 3.8) is 0 Å². The average Bonchev–Trinajstić information content (AvgIpc) is 3.53. The van der Waals surface area contributed by atoms with Gasteiger partial charge in [-0.2, -0.15) is 0 Å². The number of carbonyl (C=O) groups excluding carboxylic acids is 4. The Labute approximate surface area is 236 Å². The van der Waals surface area contributed by atoms with Crippen LogP contribution in [0.25, 0.3) is 0 Å². The Morgan fingerprint density at radius 2 is 1.10 bits per heavy atom. The van der Waals surface area contributed by atoms with E-state index in [-0.39, 0.29) is 29.3 Å². The highest BCUT2D eigenvalue weighted by Gasteiger charge is 2.67. The lowest BCUT2D eigenvalue weighted by Gasteiger charge is -2.42. The maximum atomic E-state index is 14.1. The molecule has 1 fully saturated rings. The summed E-state index contributed by atoms with van der Waals surface area (Å²) in [4.78, 5) is 59.4. The number of rotatable bonds is 5. The molecule has 202 valence electrons. The smallest absolute Gasteiger partial charge is 0.355 e. The number of esters is 2. The zero-order valence-electron chi connectivity index (χ0n) is 21.8. The van der Waals surface area contributed by atoms with E-state index in [0.717, 1.165) is 7.11 Å². The van der Waals surface area contributed by atoms with E-state index >= 15 is 0 Å². The monoisotopic (exact) mass is 555 g/mol. The van der Waals surface area contributed by atoms with Crippen molar-refractivity contribution in [1.82, 2.24) is 9.80 Å². The summed E-state index contributed by atoms with van der Waals surface area (Å²) in [5, 5.41) is 0. The highest BCUT2D eigenvalue weighted by atomic mass is 32.1. The van der Waals surface area contributed by atoms with Gasteiger partial charge in [0.2, 0.25) is 5.66 Å². The van der Waals surface area contributed by atoms with Gasteiger partial charge in [-0.1, -0.05) is 66.8 Å². The first-order valence-electron chi connectivity index (χ1n) is 12.4. The highest BCUT2D eigenvalue weighted by molar-refractivity contribution is 7.81. The third kappa shape index (κ3) is 4.04. The lowest BCUT2D eigenvalue weighted by atomic mass is 9.96. The Morgan fingerprint density at radius 1 is 0.675 bits per heavy atom. The van der Waals surface area contributed by atoms with Crippen LogP contribution in [0.3, 0.4) is 0 Å². The van der Waals surface area contributed by atoms with Crippen LogP contribution in [0.5, 0.6) is 0 Å². The molecule has 0 aromatic heterocycles. The first-order valence-corrected chi connectivity index (χ1v) is 12.8. The molecule has 0 radical (unpaired) electrons. The maximum Gasteiger partial charge on any atom is 0.355 e. The molecule has 5 rings (SSSR count). The van der Waals surface area contributed by atoms with E-state index in [1.807, 2.05) is 0 Å². The molecule has 3 aromatic carbocycles. The minimum absolute atomic E-state index is 0.0318. The normalized spacial score (nSPS) is 15.9. The predicted molar refractivity (Wildman–Crippen MR) is 150 cm³/mol. The molecule has 2 amide bonds. The van der Waals surface area contributed by atoms with E-state index in [2.05, 4.69) is 0 Å². The fourth-order valence-electron chi connectivity index (χ4n) is 5.24. The van der Waals surface area contributed by atoms with Crippen LogP contribution < -0.4 is 4.90 Å². The maximum absolute atomic E-state index is 14.1. The number of thiocarbonyl (C=S) groups is 1. The standard InChI is InChI=1S/C30H25N3O6S/c1-38-27(36)23-24(28(37)39-2)33(22-16-10-5-11-17-22)29(40)30(23)31(25(34)20-12-6-3-7-13-20)18-19-32(30)26(35)21-14-8-4-9-15-21/h3-17H,18-19H2,1-2H3. The van der Waals surface area contributed by atoms with Crippen molar-refractivity contribution in [1.29, 1.82) is 0 Å². The topological polar surface area (TPSA) is 96.5 Å². The summed E-state index contributed by atoms with van der Waals surface area (Å²) in [5.74, 6) is -2.77. The van der Waals surface area contributed by atoms with Gasteiger partial charge in [0.25, 0.3) is 11.8 Å². The molecule has 0 aliphatic carbocycles. The predicted octanol–water partition coefficient (Wildman–Crippen LogP) is 3.43. The Hall–Kier alpha value is -4.83. The Morgan fingerprint density at radius 3 is 1.52 bits per heavy atom. The van der Waals surface area contributed by atoms with Crippen LogP contribution >= 0.6 is 12.2 Å². The molecule has 0 bridgehead atoms. The quantitative estimate of drug-likeness (QED) is 0.349. The highest BCUT2D eigenvalue weighted by Crippen LogP contribution is 2.48. The van der Waals surface area contributed by atoms with E-state index in [9.17, 15) is 19.2 Å². The fraction of sp³-hybridized carbons (Fsp3) is 0.167. The van der Waals surface area contributed by atoms with Gasteiger partial charge in [0.15, 0.2) is 0 Å². The van der Waals surface area contributed by atoms with Gasteiger partial charge in [0.05, 0.1) is 14.2 Å². The summed E-state index contributed by atoms with van der Waals surface area (Å²) in [5.41, 5.74) is -1.40. The molecule has 2 aliphatic rings. The minimum Gasteiger partial charge on any atom is -0.465 e. The van der Waals surface area contributed by atoms with Crippen LogP contribution in [0, 0.1) is 0 Å². The Bertz CT molecular complexity index is 1470. The molecular weight excluding hydrogens is 530 g/mol. The number of methoxy groups -OCH3 is 2. The molecule has 40 heavy (non-hydrogen) atoms. The van der Waals surface area contributed by atoms with Crippen molar-refractivity contribution in [2.75, 3.05) is 32.2 Å². The zero-order chi connectivity index (χ0) is 28.4. The van der Waals surface area contributed by atoms with E-state index in [1.165, 1.54) is 21.8 Å².